The van der Waals surface area contributed by atoms with E-state index in [-0.39, 0.29) is 5.97 Å². The predicted molar refractivity (Wildman–Crippen MR) is 72.5 cm³/mol. The van der Waals surface area contributed by atoms with E-state index >= 15 is 0 Å². The number of hydrogen-bond acceptors (Lipinski definition) is 6. The molecule has 1 rings (SSSR count). The summed E-state index contributed by atoms with van der Waals surface area (Å²) in [6.45, 7) is 7.43. The molecular weight excluding hydrogens is 252 g/mol. The van der Waals surface area contributed by atoms with E-state index in [4.69, 9.17) is 9.47 Å². The summed E-state index contributed by atoms with van der Waals surface area (Å²) in [5.41, 5.74) is 0.403. The monoisotopic (exact) mass is 272 g/mol. The molecule has 0 aliphatic rings. The van der Waals surface area contributed by atoms with Crippen molar-refractivity contribution in [1.82, 2.24) is 4.98 Å². The molecule has 102 valence electrons. The Balaban J connectivity index is 2.95. The number of hydrogen-bond donors (Lipinski definition) is 0. The van der Waals surface area contributed by atoms with Crippen LogP contribution in [0.3, 0.4) is 0 Å². The first-order chi connectivity index (χ1) is 8.51. The predicted octanol–water partition coefficient (Wildman–Crippen LogP) is 2.10. The topological polar surface area (TPSA) is 51.7 Å². The minimum Gasteiger partial charge on any atom is -0.464 e. The highest BCUT2D eigenvalue weighted by atomic mass is 32.1. The molecule has 1 aromatic heterocycles. The zero-order valence-electron chi connectivity index (χ0n) is 11.5. The lowest BCUT2D eigenvalue weighted by molar-refractivity contribution is 0.0594. The quantitative estimate of drug-likeness (QED) is 0.742. The highest BCUT2D eigenvalue weighted by Gasteiger charge is 2.20. The summed E-state index contributed by atoms with van der Waals surface area (Å²) < 4.78 is 9.81. The molecule has 0 spiro atoms. The highest BCUT2D eigenvalue weighted by molar-refractivity contribution is 7.15. The Hall–Kier alpha value is -1.14. The minimum atomic E-state index is -0.384. The van der Waals surface area contributed by atoms with E-state index in [2.05, 4.69) is 23.7 Å². The fourth-order valence-electron chi connectivity index (χ4n) is 1.56. The molecule has 0 radical (unpaired) electrons. The molecule has 0 aromatic carbocycles. The van der Waals surface area contributed by atoms with Crippen LogP contribution in [0.2, 0.25) is 0 Å². The second-order valence-corrected chi connectivity index (χ2v) is 5.35. The maximum atomic E-state index is 11.5. The smallest absolute Gasteiger partial charge is 0.357 e. The highest BCUT2D eigenvalue weighted by Crippen LogP contribution is 2.27. The number of esters is 1. The average molecular weight is 272 g/mol. The Morgan fingerprint density at radius 3 is 2.61 bits per heavy atom. The standard InChI is InChI=1S/C12H20N2O3S/c1-8(2)14(6-7-16-4)12-13-10(9(3)18-12)11(15)17-5/h8H,6-7H2,1-5H3. The van der Waals surface area contributed by atoms with Crippen molar-refractivity contribution in [3.63, 3.8) is 0 Å². The molecule has 0 fully saturated rings. The Bertz CT molecular complexity index is 404. The molecule has 18 heavy (non-hydrogen) atoms. The molecule has 0 aliphatic heterocycles. The first-order valence-corrected chi connectivity index (χ1v) is 6.64. The van der Waals surface area contributed by atoms with E-state index in [1.807, 2.05) is 6.92 Å². The number of ether oxygens (including phenoxy) is 2. The SMILES string of the molecule is COCCN(c1nc(C(=O)OC)c(C)s1)C(C)C. The first kappa shape index (κ1) is 14.9. The summed E-state index contributed by atoms with van der Waals surface area (Å²) >= 11 is 1.50. The molecule has 0 aliphatic carbocycles. The molecule has 1 heterocycles. The van der Waals surface area contributed by atoms with Gasteiger partial charge in [-0.05, 0) is 20.8 Å². The van der Waals surface area contributed by atoms with Crippen LogP contribution in [0, 0.1) is 6.92 Å². The van der Waals surface area contributed by atoms with Crippen molar-refractivity contribution in [3.05, 3.63) is 10.6 Å². The lowest BCUT2D eigenvalue weighted by atomic mass is 10.3. The van der Waals surface area contributed by atoms with Crippen LogP contribution in [0.25, 0.3) is 0 Å². The maximum absolute atomic E-state index is 11.5. The average Bonchev–Trinajstić information content (AvgIpc) is 2.70. The fraction of sp³-hybridized carbons (Fsp3) is 0.667. The summed E-state index contributed by atoms with van der Waals surface area (Å²) in [4.78, 5) is 18.9. The summed E-state index contributed by atoms with van der Waals surface area (Å²) in [6.07, 6.45) is 0. The third kappa shape index (κ3) is 3.43. The van der Waals surface area contributed by atoms with E-state index in [1.54, 1.807) is 7.11 Å². The van der Waals surface area contributed by atoms with Crippen LogP contribution in [-0.2, 0) is 9.47 Å². The summed E-state index contributed by atoms with van der Waals surface area (Å²) in [7, 11) is 3.04. The van der Waals surface area contributed by atoms with Crippen LogP contribution >= 0.6 is 11.3 Å². The molecule has 0 atom stereocenters. The van der Waals surface area contributed by atoms with Crippen molar-refractivity contribution in [3.8, 4) is 0 Å². The zero-order chi connectivity index (χ0) is 13.7. The van der Waals surface area contributed by atoms with Crippen molar-refractivity contribution in [2.24, 2.45) is 0 Å². The molecule has 0 saturated heterocycles. The Morgan fingerprint density at radius 1 is 1.44 bits per heavy atom. The van der Waals surface area contributed by atoms with Crippen molar-refractivity contribution < 1.29 is 14.3 Å². The van der Waals surface area contributed by atoms with E-state index in [0.717, 1.165) is 16.6 Å². The third-order valence-corrected chi connectivity index (χ3v) is 3.58. The lowest BCUT2D eigenvalue weighted by Crippen LogP contribution is -2.33. The van der Waals surface area contributed by atoms with Gasteiger partial charge >= 0.3 is 5.97 Å². The third-order valence-electron chi connectivity index (χ3n) is 2.57. The Kier molecular flexibility index (Phi) is 5.55. The number of rotatable bonds is 6. The van der Waals surface area contributed by atoms with Crippen LogP contribution in [0.1, 0.15) is 29.2 Å². The molecule has 0 saturated carbocycles. The van der Waals surface area contributed by atoms with Gasteiger partial charge in [-0.15, -0.1) is 11.3 Å². The maximum Gasteiger partial charge on any atom is 0.357 e. The second kappa shape index (κ2) is 6.70. The largest absolute Gasteiger partial charge is 0.464 e. The molecule has 0 N–H and O–H groups in total. The van der Waals surface area contributed by atoms with Gasteiger partial charge in [-0.1, -0.05) is 0 Å². The summed E-state index contributed by atoms with van der Waals surface area (Å²) in [5.74, 6) is -0.384. The van der Waals surface area contributed by atoms with Gasteiger partial charge in [0.25, 0.3) is 0 Å². The number of carbonyl (C=O) groups is 1. The number of methoxy groups -OCH3 is 2. The summed E-state index contributed by atoms with van der Waals surface area (Å²) in [5, 5.41) is 0.833. The molecule has 0 bridgehead atoms. The van der Waals surface area contributed by atoms with Crippen molar-refractivity contribution in [1.29, 1.82) is 0 Å². The van der Waals surface area contributed by atoms with Gasteiger partial charge in [0.15, 0.2) is 10.8 Å². The second-order valence-electron chi connectivity index (χ2n) is 4.17. The van der Waals surface area contributed by atoms with Crippen LogP contribution in [0.4, 0.5) is 5.13 Å². The van der Waals surface area contributed by atoms with Crippen LogP contribution in [0.15, 0.2) is 0 Å². The number of aromatic nitrogens is 1. The van der Waals surface area contributed by atoms with E-state index in [9.17, 15) is 4.79 Å². The van der Waals surface area contributed by atoms with Gasteiger partial charge in [-0.25, -0.2) is 9.78 Å². The molecule has 5 nitrogen and oxygen atoms in total. The van der Waals surface area contributed by atoms with Gasteiger partial charge in [0, 0.05) is 24.6 Å². The Morgan fingerprint density at radius 2 is 2.11 bits per heavy atom. The number of thiazole rings is 1. The van der Waals surface area contributed by atoms with E-state index in [0.29, 0.717) is 18.3 Å². The zero-order valence-corrected chi connectivity index (χ0v) is 12.3. The number of aryl methyl sites for hydroxylation is 1. The molecular formula is C12H20N2O3S. The van der Waals surface area contributed by atoms with Crippen LogP contribution in [-0.4, -0.2) is 44.4 Å². The minimum absolute atomic E-state index is 0.302. The lowest BCUT2D eigenvalue weighted by Gasteiger charge is -2.25. The molecule has 0 unspecified atom stereocenters. The first-order valence-electron chi connectivity index (χ1n) is 5.82. The van der Waals surface area contributed by atoms with E-state index < -0.39 is 0 Å². The number of anilines is 1. The molecule has 0 amide bonds. The van der Waals surface area contributed by atoms with Gasteiger partial charge in [-0.3, -0.25) is 0 Å². The van der Waals surface area contributed by atoms with Gasteiger partial charge in [0.05, 0.1) is 13.7 Å². The van der Waals surface area contributed by atoms with Crippen molar-refractivity contribution in [2.75, 3.05) is 32.3 Å². The fourth-order valence-corrected chi connectivity index (χ4v) is 2.61. The van der Waals surface area contributed by atoms with Crippen LogP contribution in [0.5, 0.6) is 0 Å². The summed E-state index contributed by atoms with van der Waals surface area (Å²) in [6, 6.07) is 0.302. The van der Waals surface area contributed by atoms with Crippen LogP contribution < -0.4 is 4.90 Å². The van der Waals surface area contributed by atoms with Gasteiger partial charge < -0.3 is 14.4 Å². The Labute approximate surface area is 112 Å². The van der Waals surface area contributed by atoms with Gasteiger partial charge in [0.2, 0.25) is 0 Å². The normalized spacial score (nSPS) is 10.8. The molecule has 6 heteroatoms. The van der Waals surface area contributed by atoms with Gasteiger partial charge in [-0.2, -0.15) is 0 Å². The van der Waals surface area contributed by atoms with Crippen molar-refractivity contribution >= 4 is 22.4 Å². The number of nitrogens with zero attached hydrogens (tertiary/aromatic N) is 2. The van der Waals surface area contributed by atoms with E-state index in [1.165, 1.54) is 18.4 Å². The molecule has 1 aromatic rings. The van der Waals surface area contributed by atoms with Crippen molar-refractivity contribution in [2.45, 2.75) is 26.8 Å². The van der Waals surface area contributed by atoms with Gasteiger partial charge in [0.1, 0.15) is 0 Å². The number of carbonyl (C=O) groups excluding carboxylic acids is 1.